The quantitative estimate of drug-likeness (QED) is 0.348. The molecule has 0 spiro atoms. The Morgan fingerprint density at radius 1 is 0.893 bits per heavy atom. The zero-order valence-corrected chi connectivity index (χ0v) is 17.2. The predicted molar refractivity (Wildman–Crippen MR) is 112 cm³/mol. The Hall–Kier alpha value is -2.16. The molecule has 0 bridgehead atoms. The van der Waals surface area contributed by atoms with Crippen molar-refractivity contribution in [2.45, 2.75) is 71.6 Å². The second-order valence-corrected chi connectivity index (χ2v) is 8.30. The molecular weight excluding hydrogens is 348 g/mol. The van der Waals surface area contributed by atoms with E-state index < -0.39 is 11.9 Å². The van der Waals surface area contributed by atoms with Gasteiger partial charge in [0.2, 0.25) is 0 Å². The summed E-state index contributed by atoms with van der Waals surface area (Å²) in [5, 5.41) is 0. The number of hydrogen-bond acceptors (Lipinski definition) is 3. The molecule has 2 aliphatic carbocycles. The summed E-state index contributed by atoms with van der Waals surface area (Å²) in [6.07, 6.45) is 12.1. The molecule has 0 unspecified atom stereocenters. The minimum absolute atomic E-state index is 0.453. The van der Waals surface area contributed by atoms with Crippen LogP contribution in [0.5, 0.6) is 0 Å². The third-order valence-electron chi connectivity index (χ3n) is 6.32. The third kappa shape index (κ3) is 5.21. The maximum absolute atomic E-state index is 12.8. The Bertz CT molecular complexity index is 727. The molecule has 0 heterocycles. The summed E-state index contributed by atoms with van der Waals surface area (Å²) < 4.78 is 5.26. The highest BCUT2D eigenvalue weighted by molar-refractivity contribution is 6.01. The van der Waals surface area contributed by atoms with Gasteiger partial charge in [0, 0.05) is 11.1 Å². The van der Waals surface area contributed by atoms with Gasteiger partial charge in [-0.1, -0.05) is 67.7 Å². The largest absolute Gasteiger partial charge is 0.386 e. The van der Waals surface area contributed by atoms with Crippen molar-refractivity contribution in [2.24, 2.45) is 11.8 Å². The molecule has 0 saturated heterocycles. The van der Waals surface area contributed by atoms with E-state index in [1.807, 2.05) is 43.3 Å². The van der Waals surface area contributed by atoms with E-state index in [4.69, 9.17) is 4.74 Å². The molecule has 2 saturated carbocycles. The van der Waals surface area contributed by atoms with Crippen molar-refractivity contribution < 1.29 is 14.3 Å². The first kappa shape index (κ1) is 20.6. The fourth-order valence-corrected chi connectivity index (χ4v) is 4.75. The van der Waals surface area contributed by atoms with Gasteiger partial charge in [-0.2, -0.15) is 0 Å². The Morgan fingerprint density at radius 3 is 1.96 bits per heavy atom. The summed E-state index contributed by atoms with van der Waals surface area (Å²) in [6, 6.07) is 9.95. The Morgan fingerprint density at radius 2 is 1.43 bits per heavy atom. The lowest BCUT2D eigenvalue weighted by atomic mass is 9.82. The molecule has 1 aromatic rings. The van der Waals surface area contributed by atoms with E-state index in [1.165, 1.54) is 56.9 Å². The SMILES string of the molecule is CC(=CCc1ccccc1)C(=O)OC(=O)C(C)=C(C1CCCC1)C1CCCC1. The first-order chi connectivity index (χ1) is 13.6. The first-order valence-corrected chi connectivity index (χ1v) is 10.7. The van der Waals surface area contributed by atoms with E-state index in [2.05, 4.69) is 0 Å². The number of carbonyl (C=O) groups is 2. The third-order valence-corrected chi connectivity index (χ3v) is 6.32. The molecule has 0 atom stereocenters. The van der Waals surface area contributed by atoms with Crippen LogP contribution >= 0.6 is 0 Å². The van der Waals surface area contributed by atoms with E-state index >= 15 is 0 Å². The molecule has 0 radical (unpaired) electrons. The van der Waals surface area contributed by atoms with Crippen LogP contribution in [0, 0.1) is 11.8 Å². The molecule has 0 aliphatic heterocycles. The lowest BCUT2D eigenvalue weighted by Gasteiger charge is -2.23. The van der Waals surface area contributed by atoms with E-state index in [0.717, 1.165) is 5.56 Å². The summed E-state index contributed by atoms with van der Waals surface area (Å²) in [4.78, 5) is 25.2. The van der Waals surface area contributed by atoms with Gasteiger partial charge in [-0.3, -0.25) is 0 Å². The van der Waals surface area contributed by atoms with E-state index in [0.29, 0.717) is 29.4 Å². The van der Waals surface area contributed by atoms with E-state index in [-0.39, 0.29) is 0 Å². The highest BCUT2D eigenvalue weighted by Crippen LogP contribution is 2.42. The minimum atomic E-state index is -0.530. The predicted octanol–water partition coefficient (Wildman–Crippen LogP) is 5.94. The monoisotopic (exact) mass is 380 g/mol. The number of rotatable bonds is 6. The molecule has 150 valence electrons. The maximum Gasteiger partial charge on any atom is 0.341 e. The van der Waals surface area contributed by atoms with Crippen LogP contribution in [0.1, 0.15) is 70.8 Å². The van der Waals surface area contributed by atoms with Crippen LogP contribution in [0.2, 0.25) is 0 Å². The molecule has 28 heavy (non-hydrogen) atoms. The van der Waals surface area contributed by atoms with Crippen molar-refractivity contribution in [2.75, 3.05) is 0 Å². The molecule has 2 fully saturated rings. The topological polar surface area (TPSA) is 43.4 Å². The summed E-state index contributed by atoms with van der Waals surface area (Å²) in [5.74, 6) is 0.0182. The Labute approximate surface area is 168 Å². The first-order valence-electron chi connectivity index (χ1n) is 10.7. The van der Waals surface area contributed by atoms with Crippen LogP contribution in [0.25, 0.3) is 0 Å². The fraction of sp³-hybridized carbons (Fsp3) is 0.520. The standard InChI is InChI=1S/C25H32O3/c1-18(16-17-20-10-4-3-5-11-20)24(26)28-25(27)19(2)23(21-12-6-7-13-21)22-14-8-9-15-22/h3-5,10-11,16,21-22H,6-9,12-15,17H2,1-2H3. The molecule has 0 N–H and O–H groups in total. The van der Waals surface area contributed by atoms with Gasteiger partial charge in [-0.25, -0.2) is 9.59 Å². The second-order valence-electron chi connectivity index (χ2n) is 8.30. The van der Waals surface area contributed by atoms with Gasteiger partial charge in [0.15, 0.2) is 0 Å². The van der Waals surface area contributed by atoms with Crippen molar-refractivity contribution in [3.63, 3.8) is 0 Å². The van der Waals surface area contributed by atoms with E-state index in [1.54, 1.807) is 6.92 Å². The number of allylic oxidation sites excluding steroid dienone is 2. The van der Waals surface area contributed by atoms with Gasteiger partial charge in [0.05, 0.1) is 0 Å². The van der Waals surface area contributed by atoms with Crippen LogP contribution < -0.4 is 0 Å². The molecule has 2 aliphatic rings. The lowest BCUT2D eigenvalue weighted by Crippen LogP contribution is -2.19. The second kappa shape index (κ2) is 9.86. The average molecular weight is 381 g/mol. The maximum atomic E-state index is 12.8. The summed E-state index contributed by atoms with van der Waals surface area (Å²) >= 11 is 0. The van der Waals surface area contributed by atoms with Crippen LogP contribution in [-0.4, -0.2) is 11.9 Å². The van der Waals surface area contributed by atoms with Crippen molar-refractivity contribution >= 4 is 11.9 Å². The average Bonchev–Trinajstić information content (AvgIpc) is 3.42. The molecular formula is C25H32O3. The number of benzene rings is 1. The molecule has 3 heteroatoms. The zero-order chi connectivity index (χ0) is 19.9. The summed E-state index contributed by atoms with van der Waals surface area (Å²) in [5.41, 5.74) is 3.58. The zero-order valence-electron chi connectivity index (χ0n) is 17.2. The van der Waals surface area contributed by atoms with Gasteiger partial charge >= 0.3 is 11.9 Å². The van der Waals surface area contributed by atoms with E-state index in [9.17, 15) is 9.59 Å². The molecule has 3 nitrogen and oxygen atoms in total. The summed E-state index contributed by atoms with van der Waals surface area (Å²) in [6.45, 7) is 3.58. The minimum Gasteiger partial charge on any atom is -0.386 e. The van der Waals surface area contributed by atoms with Crippen molar-refractivity contribution in [3.05, 3.63) is 58.7 Å². The summed E-state index contributed by atoms with van der Waals surface area (Å²) in [7, 11) is 0. The Balaban J connectivity index is 1.68. The number of carbonyl (C=O) groups excluding carboxylic acids is 2. The molecule has 0 aromatic heterocycles. The van der Waals surface area contributed by atoms with Crippen LogP contribution in [0.4, 0.5) is 0 Å². The van der Waals surface area contributed by atoms with Gasteiger partial charge in [-0.05, 0) is 63.4 Å². The number of ether oxygens (including phenoxy) is 1. The number of hydrogen-bond donors (Lipinski definition) is 0. The normalized spacial score (nSPS) is 18.3. The van der Waals surface area contributed by atoms with Crippen molar-refractivity contribution in [1.82, 2.24) is 0 Å². The Kier molecular flexibility index (Phi) is 7.24. The highest BCUT2D eigenvalue weighted by atomic mass is 16.6. The molecule has 0 amide bonds. The van der Waals surface area contributed by atoms with Gasteiger partial charge in [0.25, 0.3) is 0 Å². The van der Waals surface area contributed by atoms with Crippen molar-refractivity contribution in [3.8, 4) is 0 Å². The lowest BCUT2D eigenvalue weighted by molar-refractivity contribution is -0.154. The number of esters is 2. The highest BCUT2D eigenvalue weighted by Gasteiger charge is 2.31. The van der Waals surface area contributed by atoms with Crippen LogP contribution in [0.15, 0.2) is 53.1 Å². The van der Waals surface area contributed by atoms with Crippen LogP contribution in [-0.2, 0) is 20.7 Å². The smallest absolute Gasteiger partial charge is 0.341 e. The van der Waals surface area contributed by atoms with Crippen molar-refractivity contribution in [1.29, 1.82) is 0 Å². The fourth-order valence-electron chi connectivity index (χ4n) is 4.75. The van der Waals surface area contributed by atoms with Gasteiger partial charge in [0.1, 0.15) is 0 Å². The molecule has 3 rings (SSSR count). The van der Waals surface area contributed by atoms with Crippen LogP contribution in [0.3, 0.4) is 0 Å². The van der Waals surface area contributed by atoms with Gasteiger partial charge < -0.3 is 4.74 Å². The molecule has 1 aromatic carbocycles. The van der Waals surface area contributed by atoms with Gasteiger partial charge in [-0.15, -0.1) is 0 Å².